The van der Waals surface area contributed by atoms with Crippen LogP contribution in [-0.4, -0.2) is 26.1 Å². The number of fused-ring (bicyclic) bond motifs is 2. The molecule has 1 aromatic carbocycles. The molecule has 0 radical (unpaired) electrons. The van der Waals surface area contributed by atoms with E-state index in [2.05, 4.69) is 0 Å². The van der Waals surface area contributed by atoms with Crippen LogP contribution in [0.1, 0.15) is 30.4 Å². The van der Waals surface area contributed by atoms with Crippen LogP contribution in [0.3, 0.4) is 0 Å². The van der Waals surface area contributed by atoms with Crippen molar-refractivity contribution >= 4 is 11.5 Å². The van der Waals surface area contributed by atoms with E-state index in [-0.39, 0.29) is 28.4 Å². The fourth-order valence-corrected chi connectivity index (χ4v) is 2.84. The summed E-state index contributed by atoms with van der Waals surface area (Å²) < 4.78 is 0. The van der Waals surface area contributed by atoms with Crippen LogP contribution in [0.4, 0.5) is 5.69 Å². The first-order valence-electron chi connectivity index (χ1n) is 5.58. The van der Waals surface area contributed by atoms with Crippen LogP contribution in [0.15, 0.2) is 12.1 Å². The highest BCUT2D eigenvalue weighted by Crippen LogP contribution is 2.55. The fourth-order valence-electron chi connectivity index (χ4n) is 2.84. The van der Waals surface area contributed by atoms with Gasteiger partial charge in [0.15, 0.2) is 5.84 Å². The van der Waals surface area contributed by atoms with E-state index in [1.165, 1.54) is 12.1 Å². The van der Waals surface area contributed by atoms with E-state index < -0.39 is 10.5 Å². The zero-order chi connectivity index (χ0) is 13.1. The summed E-state index contributed by atoms with van der Waals surface area (Å²) in [5, 5.41) is 39.4. The number of hydroxylamine groups is 2. The molecule has 0 bridgehead atoms. The zero-order valence-electron chi connectivity index (χ0n) is 9.38. The minimum absolute atomic E-state index is 0.0754. The molecular weight excluding hydrogens is 238 g/mol. The average molecular weight is 249 g/mol. The van der Waals surface area contributed by atoms with Crippen LogP contribution in [0.25, 0.3) is 0 Å². The zero-order valence-corrected chi connectivity index (χ0v) is 9.38. The molecule has 1 aliphatic carbocycles. The van der Waals surface area contributed by atoms with Crippen molar-refractivity contribution in [3.05, 3.63) is 33.4 Å². The Balaban J connectivity index is 2.35. The molecule has 18 heavy (non-hydrogen) atoms. The number of rotatable bonds is 1. The van der Waals surface area contributed by atoms with Gasteiger partial charge in [-0.15, -0.1) is 0 Å². The summed E-state index contributed by atoms with van der Waals surface area (Å²) in [7, 11) is 0. The van der Waals surface area contributed by atoms with E-state index in [4.69, 9.17) is 5.41 Å². The molecule has 0 amide bonds. The lowest BCUT2D eigenvalue weighted by molar-refractivity contribution is -0.386. The van der Waals surface area contributed by atoms with Gasteiger partial charge < -0.3 is 5.11 Å². The van der Waals surface area contributed by atoms with Crippen molar-refractivity contribution in [3.63, 3.8) is 0 Å². The SMILES string of the molecule is N=C1c2c(O)ccc([N+](=O)[O-])c2C2(CCC2)N1O. The largest absolute Gasteiger partial charge is 0.507 e. The number of phenols is 1. The molecule has 1 aromatic rings. The summed E-state index contributed by atoms with van der Waals surface area (Å²) in [5.41, 5.74) is -0.699. The maximum Gasteiger partial charge on any atom is 0.276 e. The molecule has 2 aliphatic rings. The Labute approximate surface area is 102 Å². The van der Waals surface area contributed by atoms with Crippen LogP contribution in [0.5, 0.6) is 5.75 Å². The van der Waals surface area contributed by atoms with E-state index in [1.807, 2.05) is 0 Å². The number of aromatic hydroxyl groups is 1. The number of nitrogens with zero attached hydrogens (tertiary/aromatic N) is 2. The molecule has 3 N–H and O–H groups in total. The molecule has 0 unspecified atom stereocenters. The third kappa shape index (κ3) is 1.04. The maximum absolute atomic E-state index is 11.1. The Hall–Kier alpha value is -2.15. The molecular formula is C11H11N3O4. The number of hydrogen-bond acceptors (Lipinski definition) is 5. The highest BCUT2D eigenvalue weighted by atomic mass is 16.6. The number of benzene rings is 1. The van der Waals surface area contributed by atoms with Gasteiger partial charge in [-0.05, 0) is 25.3 Å². The summed E-state index contributed by atoms with van der Waals surface area (Å²) >= 11 is 0. The summed E-state index contributed by atoms with van der Waals surface area (Å²) in [6.07, 6.45) is 1.92. The minimum Gasteiger partial charge on any atom is -0.507 e. The average Bonchev–Trinajstić information content (AvgIpc) is 2.49. The summed E-state index contributed by atoms with van der Waals surface area (Å²) in [4.78, 5) is 10.5. The monoisotopic (exact) mass is 249 g/mol. The molecule has 7 nitrogen and oxygen atoms in total. The summed E-state index contributed by atoms with van der Waals surface area (Å²) in [6, 6.07) is 2.41. The highest BCUT2D eigenvalue weighted by molar-refractivity contribution is 6.04. The molecule has 1 aliphatic heterocycles. The van der Waals surface area contributed by atoms with Gasteiger partial charge in [0.2, 0.25) is 0 Å². The van der Waals surface area contributed by atoms with Crippen LogP contribution >= 0.6 is 0 Å². The number of hydrogen-bond donors (Lipinski definition) is 3. The van der Waals surface area contributed by atoms with Crippen LogP contribution in [-0.2, 0) is 5.54 Å². The predicted octanol–water partition coefficient (Wildman–Crippen LogP) is 1.71. The Bertz CT molecular complexity index is 580. The second-order valence-electron chi connectivity index (χ2n) is 4.66. The number of nitrogens with one attached hydrogen (secondary N) is 1. The maximum atomic E-state index is 11.1. The fraction of sp³-hybridized carbons (Fsp3) is 0.364. The number of amidine groups is 1. The van der Waals surface area contributed by atoms with Gasteiger partial charge in [-0.3, -0.25) is 20.7 Å². The normalized spacial score (nSPS) is 19.8. The van der Waals surface area contributed by atoms with Crippen LogP contribution < -0.4 is 0 Å². The molecule has 1 spiro atoms. The Morgan fingerprint density at radius 1 is 1.44 bits per heavy atom. The van der Waals surface area contributed by atoms with Crippen LogP contribution in [0.2, 0.25) is 0 Å². The number of nitro groups is 1. The second kappa shape index (κ2) is 3.20. The quantitative estimate of drug-likeness (QED) is 0.518. The Morgan fingerprint density at radius 3 is 2.61 bits per heavy atom. The van der Waals surface area contributed by atoms with Gasteiger partial charge in [0, 0.05) is 6.07 Å². The van der Waals surface area contributed by atoms with Gasteiger partial charge in [0.05, 0.1) is 16.1 Å². The predicted molar refractivity (Wildman–Crippen MR) is 60.7 cm³/mol. The topological polar surface area (TPSA) is 111 Å². The highest BCUT2D eigenvalue weighted by Gasteiger charge is 2.56. The molecule has 1 fully saturated rings. The Kier molecular flexibility index (Phi) is 1.95. The van der Waals surface area contributed by atoms with Gasteiger partial charge in [-0.1, -0.05) is 0 Å². The third-order valence-electron chi connectivity index (χ3n) is 3.86. The van der Waals surface area contributed by atoms with E-state index in [1.54, 1.807) is 0 Å². The first-order valence-corrected chi connectivity index (χ1v) is 5.58. The second-order valence-corrected chi connectivity index (χ2v) is 4.66. The lowest BCUT2D eigenvalue weighted by atomic mass is 9.72. The molecule has 1 heterocycles. The van der Waals surface area contributed by atoms with Gasteiger partial charge in [-0.25, -0.2) is 5.06 Å². The Morgan fingerprint density at radius 2 is 2.11 bits per heavy atom. The van der Waals surface area contributed by atoms with E-state index in [9.17, 15) is 20.4 Å². The number of phenolic OH excluding ortho intramolecular Hbond substituents is 1. The third-order valence-corrected chi connectivity index (χ3v) is 3.86. The molecule has 0 atom stereocenters. The smallest absolute Gasteiger partial charge is 0.276 e. The van der Waals surface area contributed by atoms with Crippen molar-refractivity contribution in [1.29, 1.82) is 5.41 Å². The summed E-state index contributed by atoms with van der Waals surface area (Å²) in [5.74, 6) is -0.477. The molecule has 1 saturated carbocycles. The molecule has 0 saturated heterocycles. The van der Waals surface area contributed by atoms with Crippen molar-refractivity contribution < 1.29 is 15.2 Å². The lowest BCUT2D eigenvalue weighted by Gasteiger charge is -2.42. The van der Waals surface area contributed by atoms with Gasteiger partial charge in [0.25, 0.3) is 5.69 Å². The molecule has 0 aromatic heterocycles. The molecule has 94 valence electrons. The minimum atomic E-state index is -0.895. The van der Waals surface area contributed by atoms with Crippen molar-refractivity contribution in [1.82, 2.24) is 5.06 Å². The lowest BCUT2D eigenvalue weighted by Crippen LogP contribution is -2.47. The molecule has 7 heteroatoms. The van der Waals surface area contributed by atoms with Crippen molar-refractivity contribution in [2.24, 2.45) is 0 Å². The van der Waals surface area contributed by atoms with Crippen LogP contribution in [0, 0.1) is 15.5 Å². The van der Waals surface area contributed by atoms with Gasteiger partial charge in [0.1, 0.15) is 11.3 Å². The first-order chi connectivity index (χ1) is 8.49. The van der Waals surface area contributed by atoms with Gasteiger partial charge >= 0.3 is 0 Å². The van der Waals surface area contributed by atoms with Crippen molar-refractivity contribution in [2.45, 2.75) is 24.8 Å². The van der Waals surface area contributed by atoms with Gasteiger partial charge in [-0.2, -0.15) is 0 Å². The van der Waals surface area contributed by atoms with Crippen molar-refractivity contribution in [3.8, 4) is 5.75 Å². The van der Waals surface area contributed by atoms with E-state index >= 15 is 0 Å². The first kappa shape index (κ1) is 11.0. The van der Waals surface area contributed by atoms with E-state index in [0.717, 1.165) is 11.5 Å². The molecule has 3 rings (SSSR count). The summed E-state index contributed by atoms with van der Waals surface area (Å²) in [6.45, 7) is 0. The van der Waals surface area contributed by atoms with Crippen molar-refractivity contribution in [2.75, 3.05) is 0 Å². The standard InChI is InChI=1S/C11H11N3O4/c12-10-8-7(15)3-2-6(14(17)18)9(8)11(13(10)16)4-1-5-11/h2-3,12,15-16H,1,4-5H2. The number of nitro benzene ring substituents is 1. The van der Waals surface area contributed by atoms with E-state index in [0.29, 0.717) is 12.8 Å².